The van der Waals surface area contributed by atoms with Crippen LogP contribution in [-0.2, 0) is 9.59 Å². The molecule has 2 aliphatic heterocycles. The summed E-state index contributed by atoms with van der Waals surface area (Å²) in [7, 11) is 0. The van der Waals surface area contributed by atoms with E-state index in [4.69, 9.17) is 4.74 Å². The zero-order valence-electron chi connectivity index (χ0n) is 16.4. The molecule has 0 radical (unpaired) electrons. The molecule has 2 aliphatic rings. The van der Waals surface area contributed by atoms with E-state index in [1.54, 1.807) is 4.90 Å². The second-order valence-electron chi connectivity index (χ2n) is 7.72. The second-order valence-corrected chi connectivity index (χ2v) is 7.72. The highest BCUT2D eigenvalue weighted by Gasteiger charge is 2.53. The third kappa shape index (κ3) is 3.63. The zero-order valence-corrected chi connectivity index (χ0v) is 16.4. The number of nitrogens with one attached hydrogen (secondary N) is 1. The van der Waals surface area contributed by atoms with E-state index in [0.29, 0.717) is 31.7 Å². The SMILES string of the molecule is Cc1ccc(C)c(OCC(=O)N2CCC3(CC2)NC(=O)N(C(C)C)C3=O)c1. The Bertz CT molecular complexity index is 766. The van der Waals surface area contributed by atoms with Crippen molar-refractivity contribution >= 4 is 17.8 Å². The molecule has 146 valence electrons. The minimum absolute atomic E-state index is 0.0320. The van der Waals surface area contributed by atoms with Gasteiger partial charge in [-0.05, 0) is 57.7 Å². The Morgan fingerprint density at radius 1 is 1.22 bits per heavy atom. The summed E-state index contributed by atoms with van der Waals surface area (Å²) >= 11 is 0. The molecule has 0 bridgehead atoms. The first kappa shape index (κ1) is 19.2. The largest absolute Gasteiger partial charge is 0.483 e. The van der Waals surface area contributed by atoms with Gasteiger partial charge >= 0.3 is 6.03 Å². The molecule has 7 heteroatoms. The number of hydrogen-bond acceptors (Lipinski definition) is 4. The standard InChI is InChI=1S/C20H27N3O4/c1-13(2)23-18(25)20(21-19(23)26)7-9-22(10-8-20)17(24)12-27-16-11-14(3)5-6-15(16)4/h5-6,11,13H,7-10,12H2,1-4H3,(H,21,26). The van der Waals surface area contributed by atoms with Gasteiger partial charge in [-0.25, -0.2) is 4.79 Å². The molecule has 0 unspecified atom stereocenters. The average Bonchev–Trinajstić information content (AvgIpc) is 2.86. The van der Waals surface area contributed by atoms with Gasteiger partial charge in [0.05, 0.1) is 0 Å². The number of urea groups is 1. The number of ether oxygens (including phenoxy) is 1. The summed E-state index contributed by atoms with van der Waals surface area (Å²) in [6, 6.07) is 5.37. The summed E-state index contributed by atoms with van der Waals surface area (Å²) in [5.74, 6) is 0.423. The molecule has 27 heavy (non-hydrogen) atoms. The van der Waals surface area contributed by atoms with E-state index in [-0.39, 0.29) is 30.5 Å². The lowest BCUT2D eigenvalue weighted by atomic mass is 9.87. The van der Waals surface area contributed by atoms with E-state index < -0.39 is 5.54 Å². The second kappa shape index (κ2) is 7.21. The number of benzene rings is 1. The molecular weight excluding hydrogens is 346 g/mol. The maximum absolute atomic E-state index is 12.7. The van der Waals surface area contributed by atoms with Crippen molar-refractivity contribution in [2.24, 2.45) is 0 Å². The Morgan fingerprint density at radius 2 is 1.89 bits per heavy atom. The lowest BCUT2D eigenvalue weighted by Crippen LogP contribution is -2.56. The van der Waals surface area contributed by atoms with E-state index in [2.05, 4.69) is 5.32 Å². The Kier molecular flexibility index (Phi) is 5.13. The summed E-state index contributed by atoms with van der Waals surface area (Å²) in [6.07, 6.45) is 0.853. The van der Waals surface area contributed by atoms with E-state index in [1.165, 1.54) is 4.90 Å². The first-order chi connectivity index (χ1) is 12.7. The van der Waals surface area contributed by atoms with E-state index in [0.717, 1.165) is 11.1 Å². The third-order valence-electron chi connectivity index (χ3n) is 5.37. The number of aryl methyl sites for hydroxylation is 2. The summed E-state index contributed by atoms with van der Waals surface area (Å²) in [5.41, 5.74) is 1.19. The van der Waals surface area contributed by atoms with Crippen LogP contribution in [0.25, 0.3) is 0 Å². The van der Waals surface area contributed by atoms with Crippen molar-refractivity contribution in [2.45, 2.75) is 52.1 Å². The fourth-order valence-corrected chi connectivity index (χ4v) is 3.68. The third-order valence-corrected chi connectivity index (χ3v) is 5.37. The quantitative estimate of drug-likeness (QED) is 0.819. The van der Waals surface area contributed by atoms with Crippen molar-refractivity contribution in [3.05, 3.63) is 29.3 Å². The first-order valence-electron chi connectivity index (χ1n) is 9.37. The van der Waals surface area contributed by atoms with Gasteiger partial charge < -0.3 is 15.0 Å². The Morgan fingerprint density at radius 3 is 2.48 bits per heavy atom. The van der Waals surface area contributed by atoms with Gasteiger partial charge in [0.1, 0.15) is 11.3 Å². The molecule has 7 nitrogen and oxygen atoms in total. The molecule has 2 heterocycles. The average molecular weight is 373 g/mol. The molecule has 0 aromatic heterocycles. The van der Waals surface area contributed by atoms with Crippen LogP contribution >= 0.6 is 0 Å². The molecule has 2 fully saturated rings. The first-order valence-corrected chi connectivity index (χ1v) is 9.37. The fraction of sp³-hybridized carbons (Fsp3) is 0.550. The number of nitrogens with zero attached hydrogens (tertiary/aromatic N) is 2. The van der Waals surface area contributed by atoms with E-state index in [9.17, 15) is 14.4 Å². The van der Waals surface area contributed by atoms with Crippen molar-refractivity contribution in [1.29, 1.82) is 0 Å². The smallest absolute Gasteiger partial charge is 0.325 e. The van der Waals surface area contributed by atoms with Gasteiger partial charge in [0.25, 0.3) is 11.8 Å². The molecular formula is C20H27N3O4. The lowest BCUT2D eigenvalue weighted by molar-refractivity contribution is -0.140. The number of likely N-dealkylation sites (tertiary alicyclic amines) is 1. The molecule has 0 atom stereocenters. The number of carbonyl (C=O) groups is 3. The molecule has 1 aromatic carbocycles. The normalized spacial score (nSPS) is 19.0. The highest BCUT2D eigenvalue weighted by Crippen LogP contribution is 2.30. The van der Waals surface area contributed by atoms with Gasteiger partial charge in [-0.15, -0.1) is 0 Å². The van der Waals surface area contributed by atoms with Crippen molar-refractivity contribution in [1.82, 2.24) is 15.1 Å². The summed E-state index contributed by atoms with van der Waals surface area (Å²) in [5, 5.41) is 2.85. The number of carbonyl (C=O) groups excluding carboxylic acids is 3. The number of amides is 4. The van der Waals surface area contributed by atoms with Crippen molar-refractivity contribution < 1.29 is 19.1 Å². The molecule has 1 aromatic rings. The Balaban J connectivity index is 1.58. The van der Waals surface area contributed by atoms with Crippen LogP contribution in [0.15, 0.2) is 18.2 Å². The maximum Gasteiger partial charge on any atom is 0.325 e. The fourth-order valence-electron chi connectivity index (χ4n) is 3.68. The highest BCUT2D eigenvalue weighted by molar-refractivity contribution is 6.07. The van der Waals surface area contributed by atoms with Gasteiger partial charge in [0.15, 0.2) is 6.61 Å². The maximum atomic E-state index is 12.7. The lowest BCUT2D eigenvalue weighted by Gasteiger charge is -2.37. The Labute approximate surface area is 159 Å². The van der Waals surface area contributed by atoms with Gasteiger partial charge in [-0.2, -0.15) is 0 Å². The van der Waals surface area contributed by atoms with Crippen LogP contribution < -0.4 is 10.1 Å². The van der Waals surface area contributed by atoms with Gasteiger partial charge in [-0.3, -0.25) is 14.5 Å². The van der Waals surface area contributed by atoms with Gasteiger partial charge in [0, 0.05) is 19.1 Å². The van der Waals surface area contributed by atoms with Crippen LogP contribution in [0.5, 0.6) is 5.75 Å². The number of imide groups is 1. The molecule has 1 N–H and O–H groups in total. The predicted molar refractivity (Wildman–Crippen MR) is 100 cm³/mol. The van der Waals surface area contributed by atoms with E-state index >= 15 is 0 Å². The molecule has 3 rings (SSSR count). The van der Waals surface area contributed by atoms with Crippen LogP contribution in [0, 0.1) is 13.8 Å². The monoisotopic (exact) mass is 373 g/mol. The molecule has 0 aliphatic carbocycles. The van der Waals surface area contributed by atoms with Crippen molar-refractivity contribution in [2.75, 3.05) is 19.7 Å². The zero-order chi connectivity index (χ0) is 19.8. The van der Waals surface area contributed by atoms with Crippen LogP contribution in [0.2, 0.25) is 0 Å². The molecule has 4 amide bonds. The van der Waals surface area contributed by atoms with E-state index in [1.807, 2.05) is 45.9 Å². The number of hydrogen-bond donors (Lipinski definition) is 1. The molecule has 0 saturated carbocycles. The van der Waals surface area contributed by atoms with Crippen LogP contribution in [0.3, 0.4) is 0 Å². The number of piperidine rings is 1. The topological polar surface area (TPSA) is 79.0 Å². The molecule has 1 spiro atoms. The van der Waals surface area contributed by atoms with Crippen LogP contribution in [0.4, 0.5) is 4.79 Å². The minimum Gasteiger partial charge on any atom is -0.483 e. The summed E-state index contributed by atoms with van der Waals surface area (Å²) in [6.45, 7) is 8.37. The van der Waals surface area contributed by atoms with Gasteiger partial charge in [0.2, 0.25) is 0 Å². The predicted octanol–water partition coefficient (Wildman–Crippen LogP) is 2.00. The van der Waals surface area contributed by atoms with Crippen molar-refractivity contribution in [3.63, 3.8) is 0 Å². The van der Waals surface area contributed by atoms with Crippen LogP contribution in [-0.4, -0.2) is 58.9 Å². The minimum atomic E-state index is -0.869. The van der Waals surface area contributed by atoms with Gasteiger partial charge in [-0.1, -0.05) is 12.1 Å². The number of rotatable bonds is 4. The highest BCUT2D eigenvalue weighted by atomic mass is 16.5. The summed E-state index contributed by atoms with van der Waals surface area (Å²) in [4.78, 5) is 40.3. The summed E-state index contributed by atoms with van der Waals surface area (Å²) < 4.78 is 5.70. The van der Waals surface area contributed by atoms with Crippen molar-refractivity contribution in [3.8, 4) is 5.75 Å². The Hall–Kier alpha value is -2.57. The van der Waals surface area contributed by atoms with Crippen LogP contribution in [0.1, 0.15) is 37.8 Å². The molecule has 2 saturated heterocycles.